The third-order valence-corrected chi connectivity index (χ3v) is 5.80. The van der Waals surface area contributed by atoms with Crippen molar-refractivity contribution in [1.82, 2.24) is 0 Å². The fourth-order valence-corrected chi connectivity index (χ4v) is 3.87. The maximum atomic E-state index is 2.37. The Kier molecular flexibility index (Phi) is 16.6. The van der Waals surface area contributed by atoms with Gasteiger partial charge in [-0.3, -0.25) is 0 Å². The van der Waals surface area contributed by atoms with E-state index in [2.05, 4.69) is 42.9 Å². The fraction of sp³-hybridized carbons (Fsp3) is 0.808. The molecule has 0 saturated carbocycles. The molecular formula is C26H48N+. The van der Waals surface area contributed by atoms with Gasteiger partial charge in [-0.1, -0.05) is 104 Å². The monoisotopic (exact) mass is 374 g/mol. The van der Waals surface area contributed by atoms with Gasteiger partial charge in [0.2, 0.25) is 0 Å². The number of aryl methyl sites for hydroxylation is 2. The largest absolute Gasteiger partial charge is 0.205 e. The average molecular weight is 375 g/mol. The van der Waals surface area contributed by atoms with E-state index in [1.807, 2.05) is 0 Å². The van der Waals surface area contributed by atoms with Crippen LogP contribution in [0.2, 0.25) is 0 Å². The van der Waals surface area contributed by atoms with E-state index in [1.54, 1.807) is 0 Å². The van der Waals surface area contributed by atoms with Gasteiger partial charge in [0.1, 0.15) is 6.54 Å². The Morgan fingerprint density at radius 1 is 0.519 bits per heavy atom. The number of nitrogens with zero attached hydrogens (tertiary/aromatic N) is 1. The summed E-state index contributed by atoms with van der Waals surface area (Å²) in [5.41, 5.74) is 1.52. The first-order chi connectivity index (χ1) is 13.4. The van der Waals surface area contributed by atoms with Crippen molar-refractivity contribution in [3.8, 4) is 0 Å². The van der Waals surface area contributed by atoms with Crippen LogP contribution in [0.5, 0.6) is 0 Å². The molecule has 0 aliphatic carbocycles. The molecule has 0 spiro atoms. The second-order valence-electron chi connectivity index (χ2n) is 8.50. The van der Waals surface area contributed by atoms with Crippen molar-refractivity contribution in [2.45, 2.75) is 136 Å². The Morgan fingerprint density at radius 2 is 0.926 bits per heavy atom. The van der Waals surface area contributed by atoms with Crippen molar-refractivity contribution in [3.63, 3.8) is 0 Å². The molecule has 0 bridgehead atoms. The summed E-state index contributed by atoms with van der Waals surface area (Å²) in [7, 11) is 0. The van der Waals surface area contributed by atoms with E-state index < -0.39 is 0 Å². The Bertz CT molecular complexity index is 409. The van der Waals surface area contributed by atoms with Gasteiger partial charge in [0.25, 0.3) is 0 Å². The molecule has 0 radical (unpaired) electrons. The summed E-state index contributed by atoms with van der Waals surface area (Å²) in [6.07, 6.45) is 29.8. The SMILES string of the molecule is CCCCCCCCCCC[n+]1ccc(CCCCCCCCCC)cc1. The second-order valence-corrected chi connectivity index (χ2v) is 8.50. The van der Waals surface area contributed by atoms with E-state index in [4.69, 9.17) is 0 Å². The van der Waals surface area contributed by atoms with Crippen molar-refractivity contribution >= 4 is 0 Å². The summed E-state index contributed by atoms with van der Waals surface area (Å²) >= 11 is 0. The van der Waals surface area contributed by atoms with Gasteiger partial charge in [0.05, 0.1) is 0 Å². The van der Waals surface area contributed by atoms with E-state index in [0.29, 0.717) is 0 Å². The maximum Gasteiger partial charge on any atom is 0.169 e. The highest BCUT2D eigenvalue weighted by atomic mass is 14.9. The van der Waals surface area contributed by atoms with Gasteiger partial charge in [-0.2, -0.15) is 0 Å². The molecular weight excluding hydrogens is 326 g/mol. The highest BCUT2D eigenvalue weighted by molar-refractivity contribution is 5.07. The number of hydrogen-bond acceptors (Lipinski definition) is 0. The third kappa shape index (κ3) is 14.8. The molecule has 1 nitrogen and oxygen atoms in total. The molecule has 0 fully saturated rings. The minimum absolute atomic E-state index is 1.19. The van der Waals surface area contributed by atoms with E-state index >= 15 is 0 Å². The van der Waals surface area contributed by atoms with Gasteiger partial charge in [-0.05, 0) is 24.8 Å². The highest BCUT2D eigenvalue weighted by Crippen LogP contribution is 2.11. The molecule has 156 valence electrons. The quantitative estimate of drug-likeness (QED) is 0.170. The second kappa shape index (κ2) is 18.5. The van der Waals surface area contributed by atoms with Gasteiger partial charge in [0.15, 0.2) is 12.4 Å². The van der Waals surface area contributed by atoms with Gasteiger partial charge in [-0.25, -0.2) is 4.57 Å². The van der Waals surface area contributed by atoms with Gasteiger partial charge in [0, 0.05) is 18.6 Å². The summed E-state index contributed by atoms with van der Waals surface area (Å²) < 4.78 is 2.37. The van der Waals surface area contributed by atoms with Crippen molar-refractivity contribution < 1.29 is 4.57 Å². The zero-order valence-corrected chi connectivity index (χ0v) is 18.7. The summed E-state index contributed by atoms with van der Waals surface area (Å²) in [5, 5.41) is 0. The Labute approximate surface area is 171 Å². The molecule has 1 heteroatoms. The molecule has 1 rings (SSSR count). The minimum Gasteiger partial charge on any atom is -0.205 e. The predicted molar refractivity (Wildman–Crippen MR) is 120 cm³/mol. The predicted octanol–water partition coefficient (Wildman–Crippen LogP) is 8.19. The van der Waals surface area contributed by atoms with Crippen LogP contribution in [0, 0.1) is 0 Å². The number of aromatic nitrogens is 1. The molecule has 0 aromatic carbocycles. The Balaban J connectivity index is 1.96. The maximum absolute atomic E-state index is 2.37. The first kappa shape index (κ1) is 24.2. The summed E-state index contributed by atoms with van der Waals surface area (Å²) in [5.74, 6) is 0. The van der Waals surface area contributed by atoms with E-state index in [9.17, 15) is 0 Å². The van der Waals surface area contributed by atoms with E-state index in [-0.39, 0.29) is 0 Å². The van der Waals surface area contributed by atoms with Crippen LogP contribution in [0.4, 0.5) is 0 Å². The van der Waals surface area contributed by atoms with Crippen molar-refractivity contribution in [3.05, 3.63) is 30.1 Å². The molecule has 0 aliphatic rings. The molecule has 0 unspecified atom stereocenters. The number of rotatable bonds is 19. The zero-order chi connectivity index (χ0) is 19.4. The molecule has 0 atom stereocenters. The van der Waals surface area contributed by atoms with Gasteiger partial charge < -0.3 is 0 Å². The van der Waals surface area contributed by atoms with Crippen LogP contribution in [-0.2, 0) is 13.0 Å². The number of hydrogen-bond donors (Lipinski definition) is 0. The smallest absolute Gasteiger partial charge is 0.169 e. The molecule has 1 aromatic heterocycles. The lowest BCUT2D eigenvalue weighted by molar-refractivity contribution is -0.697. The average Bonchev–Trinajstić information content (AvgIpc) is 2.70. The van der Waals surface area contributed by atoms with Gasteiger partial charge in [-0.15, -0.1) is 0 Å². The van der Waals surface area contributed by atoms with Crippen LogP contribution < -0.4 is 4.57 Å². The normalized spacial score (nSPS) is 11.2. The summed E-state index contributed by atoms with van der Waals surface area (Å²) in [6, 6.07) is 4.68. The number of pyridine rings is 1. The fourth-order valence-electron chi connectivity index (χ4n) is 3.87. The van der Waals surface area contributed by atoms with Crippen LogP contribution in [0.15, 0.2) is 24.5 Å². The summed E-state index contributed by atoms with van der Waals surface area (Å²) in [6.45, 7) is 5.77. The highest BCUT2D eigenvalue weighted by Gasteiger charge is 2.02. The van der Waals surface area contributed by atoms with Crippen LogP contribution in [0.25, 0.3) is 0 Å². The van der Waals surface area contributed by atoms with Crippen molar-refractivity contribution in [2.24, 2.45) is 0 Å². The minimum atomic E-state index is 1.19. The third-order valence-electron chi connectivity index (χ3n) is 5.80. The van der Waals surface area contributed by atoms with Crippen LogP contribution in [0.1, 0.15) is 129 Å². The molecule has 27 heavy (non-hydrogen) atoms. The van der Waals surface area contributed by atoms with E-state index in [0.717, 1.165) is 0 Å². The Hall–Kier alpha value is -0.850. The molecule has 1 heterocycles. The Morgan fingerprint density at radius 3 is 1.41 bits per heavy atom. The molecule has 1 aromatic rings. The van der Waals surface area contributed by atoms with Crippen molar-refractivity contribution in [1.29, 1.82) is 0 Å². The first-order valence-corrected chi connectivity index (χ1v) is 12.3. The zero-order valence-electron chi connectivity index (χ0n) is 18.7. The first-order valence-electron chi connectivity index (χ1n) is 12.3. The van der Waals surface area contributed by atoms with Crippen molar-refractivity contribution in [2.75, 3.05) is 0 Å². The van der Waals surface area contributed by atoms with Crippen LogP contribution in [0.3, 0.4) is 0 Å². The lowest BCUT2D eigenvalue weighted by atomic mass is 10.0. The number of unbranched alkanes of at least 4 members (excludes halogenated alkanes) is 15. The van der Waals surface area contributed by atoms with Crippen LogP contribution in [-0.4, -0.2) is 0 Å². The lowest BCUT2D eigenvalue weighted by Crippen LogP contribution is -2.32. The molecule has 0 saturated heterocycles. The molecule has 0 N–H and O–H groups in total. The molecule has 0 aliphatic heterocycles. The lowest BCUT2D eigenvalue weighted by Gasteiger charge is -2.03. The standard InChI is InChI=1S/C26H48N/c1-3-5-7-9-11-13-15-17-19-23-27-24-21-26(22-25-27)20-18-16-14-12-10-8-6-4-2/h21-22,24-25H,3-20,23H2,1-2H3/q+1. The van der Waals surface area contributed by atoms with Gasteiger partial charge >= 0.3 is 0 Å². The summed E-state index contributed by atoms with van der Waals surface area (Å²) in [4.78, 5) is 0. The molecule has 0 amide bonds. The van der Waals surface area contributed by atoms with E-state index in [1.165, 1.54) is 128 Å². The van der Waals surface area contributed by atoms with Crippen LogP contribution >= 0.6 is 0 Å². The topological polar surface area (TPSA) is 3.88 Å².